The monoisotopic (exact) mass is 160 g/mol. The van der Waals surface area contributed by atoms with E-state index >= 15 is 0 Å². The Morgan fingerprint density at radius 3 is 1.90 bits per heavy atom. The molecule has 0 aromatic heterocycles. The Bertz CT molecular complexity index is 124. The van der Waals surface area contributed by atoms with Crippen molar-refractivity contribution in [2.24, 2.45) is 0 Å². The molecule has 60 valence electrons. The molecule has 0 radical (unpaired) electrons. The van der Waals surface area contributed by atoms with Crippen molar-refractivity contribution < 1.29 is 9.16 Å². The molecule has 0 atom stereocenters. The number of hydrogen-bond donors (Lipinski definition) is 0. The molecule has 0 heterocycles. The SMILES string of the molecule is C/C=C(\OC)O[Si](C)(C)C. The van der Waals surface area contributed by atoms with Crippen LogP contribution >= 0.6 is 0 Å². The summed E-state index contributed by atoms with van der Waals surface area (Å²) in [7, 11) is 0.165. The average molecular weight is 160 g/mol. The minimum Gasteiger partial charge on any atom is -0.520 e. The van der Waals surface area contributed by atoms with Crippen LogP contribution in [0.25, 0.3) is 0 Å². The standard InChI is InChI=1S/C7H16O2Si/c1-6-7(8-2)9-10(3,4)5/h6H,1-5H3/b7-6+. The van der Waals surface area contributed by atoms with Crippen molar-refractivity contribution in [3.05, 3.63) is 12.0 Å². The maximum absolute atomic E-state index is 5.51. The molecule has 3 heteroatoms. The number of allylic oxidation sites excluding steroid dienone is 1. The Hall–Kier alpha value is -0.443. The molecule has 0 unspecified atom stereocenters. The summed E-state index contributed by atoms with van der Waals surface area (Å²) in [6.45, 7) is 8.26. The van der Waals surface area contributed by atoms with Gasteiger partial charge >= 0.3 is 0 Å². The van der Waals surface area contributed by atoms with Crippen LogP contribution < -0.4 is 0 Å². The van der Waals surface area contributed by atoms with Crippen molar-refractivity contribution in [1.82, 2.24) is 0 Å². The molecule has 0 rings (SSSR count). The zero-order valence-electron chi connectivity index (χ0n) is 7.39. The van der Waals surface area contributed by atoms with Crippen LogP contribution in [0.15, 0.2) is 12.0 Å². The van der Waals surface area contributed by atoms with Crippen molar-refractivity contribution in [3.8, 4) is 0 Å². The summed E-state index contributed by atoms with van der Waals surface area (Å²) in [5, 5.41) is 0. The van der Waals surface area contributed by atoms with Gasteiger partial charge in [-0.1, -0.05) is 0 Å². The average Bonchev–Trinajstić information content (AvgIpc) is 1.81. The maximum Gasteiger partial charge on any atom is 0.260 e. The van der Waals surface area contributed by atoms with Crippen molar-refractivity contribution in [2.75, 3.05) is 7.11 Å². The molecule has 10 heavy (non-hydrogen) atoms. The molecule has 0 amide bonds. The molecule has 0 aliphatic carbocycles. The van der Waals surface area contributed by atoms with E-state index in [2.05, 4.69) is 19.6 Å². The summed E-state index contributed by atoms with van der Waals surface area (Å²) in [5.74, 6) is 0.638. The van der Waals surface area contributed by atoms with E-state index < -0.39 is 8.32 Å². The Balaban J connectivity index is 3.88. The lowest BCUT2D eigenvalue weighted by Crippen LogP contribution is -2.25. The van der Waals surface area contributed by atoms with Crippen molar-refractivity contribution in [3.63, 3.8) is 0 Å². The lowest BCUT2D eigenvalue weighted by Gasteiger charge is -2.19. The fourth-order valence-corrected chi connectivity index (χ4v) is 1.32. The van der Waals surface area contributed by atoms with Gasteiger partial charge in [0.05, 0.1) is 7.11 Å². The third-order valence-corrected chi connectivity index (χ3v) is 1.66. The zero-order valence-corrected chi connectivity index (χ0v) is 8.39. The fourth-order valence-electron chi connectivity index (χ4n) is 0.520. The normalized spacial score (nSPS) is 13.1. The molecule has 0 spiro atoms. The highest BCUT2D eigenvalue weighted by Crippen LogP contribution is 2.09. The van der Waals surface area contributed by atoms with Crippen LogP contribution in [0.1, 0.15) is 6.92 Å². The first-order valence-corrected chi connectivity index (χ1v) is 6.79. The first kappa shape index (κ1) is 9.56. The van der Waals surface area contributed by atoms with Crippen LogP contribution in [0.2, 0.25) is 19.6 Å². The molecular formula is C7H16O2Si. The molecule has 2 nitrogen and oxygen atoms in total. The van der Waals surface area contributed by atoms with Crippen LogP contribution in [-0.4, -0.2) is 15.4 Å². The molecule has 0 aliphatic rings. The highest BCUT2D eigenvalue weighted by Gasteiger charge is 2.17. The first-order valence-electron chi connectivity index (χ1n) is 3.39. The lowest BCUT2D eigenvalue weighted by atomic mass is 10.7. The second-order valence-corrected chi connectivity index (χ2v) is 7.46. The summed E-state index contributed by atoms with van der Waals surface area (Å²) in [6, 6.07) is 0. The molecule has 0 N–H and O–H groups in total. The predicted molar refractivity (Wildman–Crippen MR) is 45.2 cm³/mol. The topological polar surface area (TPSA) is 18.5 Å². The van der Waals surface area contributed by atoms with Gasteiger partial charge in [-0.05, 0) is 32.6 Å². The van der Waals surface area contributed by atoms with Crippen LogP contribution in [0.3, 0.4) is 0 Å². The van der Waals surface area contributed by atoms with Gasteiger partial charge in [-0.2, -0.15) is 0 Å². The van der Waals surface area contributed by atoms with Crippen LogP contribution in [-0.2, 0) is 9.16 Å². The number of rotatable bonds is 3. The number of ether oxygens (including phenoxy) is 1. The van der Waals surface area contributed by atoms with E-state index in [0.29, 0.717) is 5.95 Å². The van der Waals surface area contributed by atoms with Gasteiger partial charge < -0.3 is 9.16 Å². The van der Waals surface area contributed by atoms with E-state index in [-0.39, 0.29) is 0 Å². The van der Waals surface area contributed by atoms with E-state index in [1.165, 1.54) is 0 Å². The third-order valence-electron chi connectivity index (χ3n) is 0.844. The lowest BCUT2D eigenvalue weighted by molar-refractivity contribution is 0.146. The van der Waals surface area contributed by atoms with E-state index in [9.17, 15) is 0 Å². The molecule has 0 aromatic carbocycles. The van der Waals surface area contributed by atoms with Crippen molar-refractivity contribution in [2.45, 2.75) is 26.6 Å². The molecular weight excluding hydrogens is 144 g/mol. The Kier molecular flexibility index (Phi) is 3.50. The molecule has 0 saturated carbocycles. The van der Waals surface area contributed by atoms with E-state index in [1.54, 1.807) is 7.11 Å². The van der Waals surface area contributed by atoms with Gasteiger partial charge in [0, 0.05) is 0 Å². The Morgan fingerprint density at radius 1 is 1.30 bits per heavy atom. The van der Waals surface area contributed by atoms with Gasteiger partial charge in [-0.15, -0.1) is 0 Å². The summed E-state index contributed by atoms with van der Waals surface area (Å²) >= 11 is 0. The molecule has 0 fully saturated rings. The molecule has 0 aromatic rings. The summed E-state index contributed by atoms with van der Waals surface area (Å²) in [6.07, 6.45) is 1.83. The van der Waals surface area contributed by atoms with Crippen LogP contribution in [0, 0.1) is 0 Å². The van der Waals surface area contributed by atoms with Gasteiger partial charge in [0.15, 0.2) is 0 Å². The van der Waals surface area contributed by atoms with Crippen LogP contribution in [0.4, 0.5) is 0 Å². The second kappa shape index (κ2) is 3.66. The van der Waals surface area contributed by atoms with Gasteiger partial charge in [0.1, 0.15) is 0 Å². The third kappa shape index (κ3) is 4.44. The minimum absolute atomic E-state index is 0.638. The van der Waals surface area contributed by atoms with E-state index in [0.717, 1.165) is 0 Å². The predicted octanol–water partition coefficient (Wildman–Crippen LogP) is 2.35. The minimum atomic E-state index is -1.46. The molecule has 0 saturated heterocycles. The summed E-state index contributed by atoms with van der Waals surface area (Å²) in [5.41, 5.74) is 0. The number of hydrogen-bond acceptors (Lipinski definition) is 2. The van der Waals surface area contributed by atoms with E-state index in [1.807, 2.05) is 13.0 Å². The van der Waals surface area contributed by atoms with Gasteiger partial charge in [0.2, 0.25) is 8.32 Å². The quantitative estimate of drug-likeness (QED) is 0.466. The van der Waals surface area contributed by atoms with Gasteiger partial charge in [-0.25, -0.2) is 0 Å². The smallest absolute Gasteiger partial charge is 0.260 e. The fraction of sp³-hybridized carbons (Fsp3) is 0.714. The Morgan fingerprint density at radius 2 is 1.80 bits per heavy atom. The summed E-state index contributed by atoms with van der Waals surface area (Å²) < 4.78 is 10.5. The van der Waals surface area contributed by atoms with Gasteiger partial charge in [0.25, 0.3) is 5.95 Å². The highest BCUT2D eigenvalue weighted by molar-refractivity contribution is 6.69. The van der Waals surface area contributed by atoms with E-state index in [4.69, 9.17) is 9.16 Å². The maximum atomic E-state index is 5.51. The Labute approximate surface area is 64.0 Å². The largest absolute Gasteiger partial charge is 0.520 e. The highest BCUT2D eigenvalue weighted by atomic mass is 28.4. The van der Waals surface area contributed by atoms with Crippen molar-refractivity contribution >= 4 is 8.32 Å². The molecule has 0 bridgehead atoms. The van der Waals surface area contributed by atoms with Gasteiger partial charge in [-0.3, -0.25) is 0 Å². The van der Waals surface area contributed by atoms with Crippen molar-refractivity contribution in [1.29, 1.82) is 0 Å². The van der Waals surface area contributed by atoms with Crippen LogP contribution in [0.5, 0.6) is 0 Å². The summed E-state index contributed by atoms with van der Waals surface area (Å²) in [4.78, 5) is 0. The molecule has 0 aliphatic heterocycles. The zero-order chi connectivity index (χ0) is 8.20. The second-order valence-electron chi connectivity index (χ2n) is 3.03. The first-order chi connectivity index (χ1) is 4.49. The number of methoxy groups -OCH3 is 1.